The first-order chi connectivity index (χ1) is 57.5. The summed E-state index contributed by atoms with van der Waals surface area (Å²) in [5.74, 6) is 1.07. The zero-order chi connectivity index (χ0) is 80.3. The number of benzene rings is 8. The standard InChI is InChI=1S/2C15H26N2.4C14H8BO6/c2*1-3-7-16-11-13-9-12(14(16)5-1)10-17-8-4-2-6-15(13)17;4*16-13-9-5-1-3-7-11(9)18-15(20-13)19-12-8-4-2-6-10(12)14(17)21-15/h2*12-15H,1-11H2;4*1-8H/q;;4*-1/p+4/t2*12-,13-,14-,15+;;;;/m00..../s1. The van der Waals surface area contributed by atoms with Gasteiger partial charge in [0.25, 0.3) is 0 Å². The fourth-order valence-corrected chi connectivity index (χ4v) is 20.7. The summed E-state index contributed by atoms with van der Waals surface area (Å²) in [5, 5.41) is 0. The van der Waals surface area contributed by atoms with Gasteiger partial charge in [-0.1, -0.05) is 97.1 Å². The highest BCUT2D eigenvalue weighted by Crippen LogP contribution is 2.42. The molecule has 8 aromatic carbocycles. The molecule has 32 heteroatoms. The number of fused-ring (bicyclic) bond motifs is 20. The van der Waals surface area contributed by atoms with Crippen LogP contribution in [-0.2, 0) is 37.2 Å². The van der Waals surface area contributed by atoms with E-state index < -0.39 is 75.6 Å². The summed E-state index contributed by atoms with van der Waals surface area (Å²) in [7, 11) is 0. The lowest BCUT2D eigenvalue weighted by Crippen LogP contribution is -3.26. The molecule has 8 aromatic rings. The molecular formula is C86H88B4N4O24. The van der Waals surface area contributed by atoms with Gasteiger partial charge >= 0.3 is 75.6 Å². The molecule has 0 aliphatic carbocycles. The Morgan fingerprint density at radius 1 is 0.203 bits per heavy atom. The van der Waals surface area contributed by atoms with Gasteiger partial charge < -0.3 is 94.1 Å². The Kier molecular flexibility index (Phi) is 20.3. The third kappa shape index (κ3) is 14.9. The second-order valence-corrected chi connectivity index (χ2v) is 32.8. The molecule has 608 valence electrons. The maximum atomic E-state index is 12.0. The van der Waals surface area contributed by atoms with Gasteiger partial charge in [0, 0.05) is 25.7 Å². The molecule has 4 bridgehead atoms. The summed E-state index contributed by atoms with van der Waals surface area (Å²) in [4.78, 5) is 104. The Morgan fingerprint density at radius 2 is 0.356 bits per heavy atom. The van der Waals surface area contributed by atoms with Crippen molar-refractivity contribution in [3.63, 3.8) is 0 Å². The van der Waals surface area contributed by atoms with Gasteiger partial charge in [-0.2, -0.15) is 0 Å². The molecule has 16 aliphatic rings. The molecule has 8 fully saturated rings. The zero-order valence-electron chi connectivity index (χ0n) is 64.8. The zero-order valence-corrected chi connectivity index (χ0v) is 64.8. The lowest BCUT2D eigenvalue weighted by atomic mass is 9.71. The van der Waals surface area contributed by atoms with Crippen LogP contribution in [0.4, 0.5) is 0 Å². The maximum absolute atomic E-state index is 12.0. The lowest BCUT2D eigenvalue weighted by Gasteiger charge is -2.52. The van der Waals surface area contributed by atoms with Gasteiger partial charge in [-0.15, -0.1) is 0 Å². The normalized spacial score (nSPS) is 28.1. The Balaban J connectivity index is 0.0000000942. The first-order valence-corrected chi connectivity index (χ1v) is 41.5. The number of hydrogen-bond acceptors (Lipinski definition) is 24. The van der Waals surface area contributed by atoms with Crippen LogP contribution in [0.5, 0.6) is 46.0 Å². The topological polar surface area (TPSA) is 302 Å². The van der Waals surface area contributed by atoms with E-state index in [1.54, 1.807) is 233 Å². The van der Waals surface area contributed by atoms with E-state index >= 15 is 0 Å². The van der Waals surface area contributed by atoms with E-state index in [4.69, 9.17) is 74.5 Å². The van der Waals surface area contributed by atoms with Crippen molar-refractivity contribution in [2.75, 3.05) is 52.4 Å². The van der Waals surface area contributed by atoms with Crippen molar-refractivity contribution in [3.8, 4) is 46.0 Å². The first-order valence-electron chi connectivity index (χ1n) is 41.5. The fraction of sp³-hybridized carbons (Fsp3) is 0.349. The van der Waals surface area contributed by atoms with Crippen LogP contribution in [0.2, 0.25) is 0 Å². The van der Waals surface area contributed by atoms with Gasteiger partial charge in [0.05, 0.1) is 191 Å². The Bertz CT molecular complexity index is 4390. The smallest absolute Gasteiger partial charge is 0.610 e. The summed E-state index contributed by atoms with van der Waals surface area (Å²) < 4.78 is 84.9. The third-order valence-electron chi connectivity index (χ3n) is 25.8. The molecule has 4 unspecified atom stereocenters. The van der Waals surface area contributed by atoms with Crippen LogP contribution in [0.15, 0.2) is 194 Å². The molecule has 0 aromatic heterocycles. The number of carbonyl (C=O) groups is 8. The van der Waals surface area contributed by atoms with Crippen molar-refractivity contribution in [1.82, 2.24) is 0 Å². The van der Waals surface area contributed by atoms with Crippen LogP contribution in [0.1, 0.15) is 173 Å². The van der Waals surface area contributed by atoms with E-state index in [-0.39, 0.29) is 90.5 Å². The van der Waals surface area contributed by atoms with Gasteiger partial charge in [-0.25, -0.2) is 0 Å². The predicted octanol–water partition coefficient (Wildman–Crippen LogP) is 6.71. The van der Waals surface area contributed by atoms with Crippen molar-refractivity contribution in [1.29, 1.82) is 0 Å². The number of para-hydroxylation sites is 8. The second-order valence-electron chi connectivity index (χ2n) is 32.8. The van der Waals surface area contributed by atoms with Gasteiger partial charge in [-0.05, 0) is 161 Å². The van der Waals surface area contributed by atoms with Gasteiger partial charge in [0.15, 0.2) is 0 Å². The third-order valence-corrected chi connectivity index (χ3v) is 25.8. The van der Waals surface area contributed by atoms with Crippen molar-refractivity contribution < 1.29 is 132 Å². The number of rotatable bonds is 0. The summed E-state index contributed by atoms with van der Waals surface area (Å²) in [6.45, 7) is 0.266. The Hall–Kier alpha value is -12.0. The second kappa shape index (κ2) is 31.5. The average molecular weight is 1600 g/mol. The number of nitrogens with one attached hydrogen (secondary N) is 4. The molecule has 12 atom stereocenters. The molecule has 24 rings (SSSR count). The van der Waals surface area contributed by atoms with Gasteiger partial charge in [0.2, 0.25) is 0 Å². The van der Waals surface area contributed by atoms with Crippen molar-refractivity contribution in [3.05, 3.63) is 239 Å². The van der Waals surface area contributed by atoms with E-state index in [1.165, 1.54) is 104 Å². The van der Waals surface area contributed by atoms with E-state index in [2.05, 4.69) is 0 Å². The van der Waals surface area contributed by atoms with Crippen molar-refractivity contribution in [2.24, 2.45) is 23.7 Å². The summed E-state index contributed by atoms with van der Waals surface area (Å²) in [6, 6.07) is 56.3. The highest BCUT2D eigenvalue weighted by molar-refractivity contribution is 6.63. The molecular weight excluding hydrogens is 1520 g/mol. The first kappa shape index (κ1) is 76.0. The quantitative estimate of drug-likeness (QED) is 0.115. The largest absolute Gasteiger partial charge is 0.781 e. The van der Waals surface area contributed by atoms with E-state index in [0.717, 1.165) is 47.8 Å². The molecule has 16 aliphatic heterocycles. The number of carbonyl (C=O) groups excluding carboxylic acids is 8. The van der Waals surface area contributed by atoms with Gasteiger partial charge in [0.1, 0.15) is 0 Å². The molecule has 0 saturated carbocycles. The van der Waals surface area contributed by atoms with E-state index in [1.807, 2.05) is 19.6 Å². The van der Waals surface area contributed by atoms with E-state index in [9.17, 15) is 38.4 Å². The highest BCUT2D eigenvalue weighted by Gasteiger charge is 2.58. The van der Waals surface area contributed by atoms with E-state index in [0.29, 0.717) is 0 Å². The molecule has 16 heterocycles. The average Bonchev–Trinajstić information content (AvgIpc) is 0.767. The molecule has 0 radical (unpaired) electrons. The Morgan fingerprint density at radius 3 is 0.517 bits per heavy atom. The number of piperidine rings is 8. The molecule has 4 spiro atoms. The van der Waals surface area contributed by atoms with Crippen LogP contribution in [-0.4, -0.2) is 152 Å². The highest BCUT2D eigenvalue weighted by atomic mass is 16.9. The number of hydrogen-bond donors (Lipinski definition) is 4. The molecule has 28 nitrogen and oxygen atoms in total. The summed E-state index contributed by atoms with van der Waals surface area (Å²) in [5.41, 5.74) is 2.03. The summed E-state index contributed by atoms with van der Waals surface area (Å²) in [6.07, 6.45) is 21.5. The maximum Gasteiger partial charge on any atom is 0.781 e. The SMILES string of the molecule is C1CC[NH+]2C[C@@H]3C[C@@H](C[NH+]4CCCC[C@@H]34)[C@H]2C1.C1CC[NH+]2C[C@@H]3C[C@@H](C[NH+]4CCCC[C@@H]34)[C@H]2C1.O=C1O[B-]2(OC(=O)c3ccccc3O2)Oc2ccccc21.O=C1O[B-]2(OC(=O)c3ccccc3O2)Oc2ccccc21.O=C1O[B-]2(OC(=O)c3ccccc3O2)Oc2ccccc21.O=C1O[B-]2(OC(=O)c3ccccc3O2)Oc2ccccc21. The monoisotopic (exact) mass is 1600 g/mol. The molecule has 4 N–H and O–H groups in total. The lowest BCUT2D eigenvalue weighted by molar-refractivity contribution is -0.993. The van der Waals surface area contributed by atoms with Crippen LogP contribution < -0.4 is 56.8 Å². The minimum Gasteiger partial charge on any atom is -0.610 e. The van der Waals surface area contributed by atoms with Crippen LogP contribution in [0.3, 0.4) is 0 Å². The minimum atomic E-state index is -2.97. The van der Waals surface area contributed by atoms with Crippen LogP contribution in [0, 0.1) is 23.7 Å². The van der Waals surface area contributed by atoms with Gasteiger partial charge in [-0.3, -0.25) is 38.4 Å². The Labute approximate surface area is 679 Å². The van der Waals surface area contributed by atoms with Crippen LogP contribution >= 0.6 is 0 Å². The molecule has 0 amide bonds. The predicted molar refractivity (Wildman–Crippen MR) is 419 cm³/mol. The van der Waals surface area contributed by atoms with Crippen LogP contribution in [0.25, 0.3) is 0 Å². The molecule has 118 heavy (non-hydrogen) atoms. The number of quaternary nitrogens is 4. The van der Waals surface area contributed by atoms with Crippen molar-refractivity contribution >= 4 is 75.6 Å². The van der Waals surface area contributed by atoms with Crippen molar-refractivity contribution in [2.45, 2.75) is 114 Å². The minimum absolute atomic E-state index is 0.251. The summed E-state index contributed by atoms with van der Waals surface area (Å²) >= 11 is 0. The molecule has 8 saturated heterocycles. The fourth-order valence-electron chi connectivity index (χ4n) is 20.7.